The van der Waals surface area contributed by atoms with Gasteiger partial charge in [-0.1, -0.05) is 17.9 Å². The van der Waals surface area contributed by atoms with Crippen LogP contribution in [0.1, 0.15) is 27.9 Å². The van der Waals surface area contributed by atoms with Crippen LogP contribution >= 0.6 is 27.3 Å². The van der Waals surface area contributed by atoms with Crippen LogP contribution in [-0.2, 0) is 0 Å². The standard InChI is InChI=1S/C16H14BrNO2S/c1-11-5-6-12(4-2-3-7-19)8-14(11)18-16(20)13-9-15(17)21-10-13/h5-6,8-10,19H,3,7H2,1H3,(H,18,20). The Labute approximate surface area is 136 Å². The van der Waals surface area contributed by atoms with Gasteiger partial charge in [-0.2, -0.15) is 0 Å². The largest absolute Gasteiger partial charge is 0.395 e. The van der Waals surface area contributed by atoms with Gasteiger partial charge in [0.05, 0.1) is 16.0 Å². The molecule has 0 aliphatic heterocycles. The van der Waals surface area contributed by atoms with Gasteiger partial charge in [0.2, 0.25) is 0 Å². The van der Waals surface area contributed by atoms with Crippen molar-refractivity contribution >= 4 is 38.9 Å². The minimum absolute atomic E-state index is 0.0511. The highest BCUT2D eigenvalue weighted by molar-refractivity contribution is 9.11. The normalized spacial score (nSPS) is 9.86. The first-order valence-electron chi connectivity index (χ1n) is 6.36. The molecule has 0 aliphatic rings. The summed E-state index contributed by atoms with van der Waals surface area (Å²) in [6, 6.07) is 7.46. The molecule has 3 nitrogen and oxygen atoms in total. The number of amides is 1. The van der Waals surface area contributed by atoms with Crippen molar-refractivity contribution in [3.05, 3.63) is 50.1 Å². The molecule has 1 heterocycles. The Kier molecular flexibility index (Phi) is 5.57. The van der Waals surface area contributed by atoms with Gasteiger partial charge in [0.1, 0.15) is 0 Å². The van der Waals surface area contributed by atoms with Crippen LogP contribution in [0.5, 0.6) is 0 Å². The lowest BCUT2D eigenvalue weighted by molar-refractivity contribution is 0.102. The number of anilines is 1. The third-order valence-electron chi connectivity index (χ3n) is 2.78. The summed E-state index contributed by atoms with van der Waals surface area (Å²) in [5.41, 5.74) is 3.17. The maximum atomic E-state index is 12.2. The summed E-state index contributed by atoms with van der Waals surface area (Å²) in [5, 5.41) is 13.4. The van der Waals surface area contributed by atoms with Crippen LogP contribution in [0.3, 0.4) is 0 Å². The molecule has 1 amide bonds. The Morgan fingerprint density at radius 1 is 1.43 bits per heavy atom. The van der Waals surface area contributed by atoms with E-state index in [4.69, 9.17) is 5.11 Å². The number of aliphatic hydroxyl groups excluding tert-OH is 1. The number of rotatable bonds is 3. The molecule has 0 saturated heterocycles. The first-order chi connectivity index (χ1) is 10.1. The Morgan fingerprint density at radius 2 is 2.24 bits per heavy atom. The number of nitrogens with one attached hydrogen (secondary N) is 1. The number of hydrogen-bond donors (Lipinski definition) is 2. The van der Waals surface area contributed by atoms with Gasteiger partial charge in [0.25, 0.3) is 5.91 Å². The van der Waals surface area contributed by atoms with E-state index in [1.807, 2.05) is 25.1 Å². The summed E-state index contributed by atoms with van der Waals surface area (Å²) in [7, 11) is 0. The summed E-state index contributed by atoms with van der Waals surface area (Å²) in [4.78, 5) is 12.2. The molecule has 0 fully saturated rings. The highest BCUT2D eigenvalue weighted by Crippen LogP contribution is 2.23. The zero-order valence-electron chi connectivity index (χ0n) is 11.4. The molecule has 0 saturated carbocycles. The maximum absolute atomic E-state index is 12.2. The molecule has 0 spiro atoms. The van der Waals surface area contributed by atoms with Gasteiger partial charge < -0.3 is 10.4 Å². The van der Waals surface area contributed by atoms with Crippen molar-refractivity contribution in [1.82, 2.24) is 0 Å². The second kappa shape index (κ2) is 7.41. The van der Waals surface area contributed by atoms with E-state index in [1.165, 1.54) is 11.3 Å². The Hall–Kier alpha value is -1.61. The quantitative estimate of drug-likeness (QED) is 0.814. The van der Waals surface area contributed by atoms with Crippen LogP contribution in [0, 0.1) is 18.8 Å². The first kappa shape index (κ1) is 15.8. The third-order valence-corrected chi connectivity index (χ3v) is 4.29. The Bertz CT molecular complexity index is 713. The topological polar surface area (TPSA) is 49.3 Å². The number of aliphatic hydroxyl groups is 1. The van der Waals surface area contributed by atoms with Crippen LogP contribution in [0.4, 0.5) is 5.69 Å². The van der Waals surface area contributed by atoms with Gasteiger partial charge in [-0.25, -0.2) is 0 Å². The molecule has 21 heavy (non-hydrogen) atoms. The van der Waals surface area contributed by atoms with Crippen molar-refractivity contribution < 1.29 is 9.90 Å². The molecule has 0 unspecified atom stereocenters. The van der Waals surface area contributed by atoms with Gasteiger partial charge in [-0.3, -0.25) is 4.79 Å². The zero-order chi connectivity index (χ0) is 15.2. The fourth-order valence-corrected chi connectivity index (χ4v) is 2.82. The fourth-order valence-electron chi connectivity index (χ4n) is 1.68. The lowest BCUT2D eigenvalue weighted by Gasteiger charge is -2.08. The van der Waals surface area contributed by atoms with E-state index in [-0.39, 0.29) is 12.5 Å². The molecule has 2 N–H and O–H groups in total. The number of hydrogen-bond acceptors (Lipinski definition) is 3. The number of thiophene rings is 1. The number of aryl methyl sites for hydroxylation is 1. The Morgan fingerprint density at radius 3 is 2.90 bits per heavy atom. The van der Waals surface area contributed by atoms with Crippen LogP contribution in [0.25, 0.3) is 0 Å². The van der Waals surface area contributed by atoms with E-state index in [9.17, 15) is 4.79 Å². The smallest absolute Gasteiger partial charge is 0.256 e. The minimum Gasteiger partial charge on any atom is -0.395 e. The second-order valence-corrected chi connectivity index (χ2v) is 6.69. The minimum atomic E-state index is -0.138. The molecule has 0 atom stereocenters. The van der Waals surface area contributed by atoms with Gasteiger partial charge in [-0.15, -0.1) is 11.3 Å². The van der Waals surface area contributed by atoms with Crippen LogP contribution in [0.2, 0.25) is 0 Å². The summed E-state index contributed by atoms with van der Waals surface area (Å²) < 4.78 is 0.924. The second-order valence-electron chi connectivity index (χ2n) is 4.40. The van der Waals surface area contributed by atoms with Crippen molar-refractivity contribution in [2.24, 2.45) is 0 Å². The van der Waals surface area contributed by atoms with Crippen LogP contribution in [0.15, 0.2) is 33.4 Å². The maximum Gasteiger partial charge on any atom is 0.256 e. The van der Waals surface area contributed by atoms with E-state index in [2.05, 4.69) is 33.1 Å². The van der Waals surface area contributed by atoms with Crippen molar-refractivity contribution in [2.75, 3.05) is 11.9 Å². The van der Waals surface area contributed by atoms with Gasteiger partial charge in [-0.05, 0) is 46.6 Å². The molecular formula is C16H14BrNO2S. The molecule has 0 aliphatic carbocycles. The summed E-state index contributed by atoms with van der Waals surface area (Å²) in [6.45, 7) is 1.99. The van der Waals surface area contributed by atoms with Crippen LogP contribution in [-0.4, -0.2) is 17.6 Å². The van der Waals surface area contributed by atoms with E-state index < -0.39 is 0 Å². The van der Waals surface area contributed by atoms with Crippen LogP contribution < -0.4 is 5.32 Å². The number of halogens is 1. The lowest BCUT2D eigenvalue weighted by atomic mass is 10.1. The van der Waals surface area contributed by atoms with Crippen molar-refractivity contribution in [3.63, 3.8) is 0 Å². The van der Waals surface area contributed by atoms with Crippen molar-refractivity contribution in [1.29, 1.82) is 0 Å². The van der Waals surface area contributed by atoms with Gasteiger partial charge >= 0.3 is 0 Å². The average Bonchev–Trinajstić information content (AvgIpc) is 2.89. The first-order valence-corrected chi connectivity index (χ1v) is 8.03. The molecule has 5 heteroatoms. The number of carbonyl (C=O) groups excluding carboxylic acids is 1. The summed E-state index contributed by atoms with van der Waals surface area (Å²) >= 11 is 4.82. The average molecular weight is 364 g/mol. The summed E-state index contributed by atoms with van der Waals surface area (Å²) in [6.07, 6.45) is 0.443. The molecule has 1 aromatic carbocycles. The molecule has 0 bridgehead atoms. The van der Waals surface area contributed by atoms with E-state index in [0.29, 0.717) is 12.0 Å². The third kappa shape index (κ3) is 4.43. The van der Waals surface area contributed by atoms with Crippen molar-refractivity contribution in [3.8, 4) is 11.8 Å². The molecule has 1 aromatic heterocycles. The highest BCUT2D eigenvalue weighted by Gasteiger charge is 2.09. The van der Waals surface area contributed by atoms with E-state index in [1.54, 1.807) is 11.4 Å². The molecule has 2 aromatic rings. The molecule has 2 rings (SSSR count). The predicted molar refractivity (Wildman–Crippen MR) is 89.7 cm³/mol. The highest BCUT2D eigenvalue weighted by atomic mass is 79.9. The molecule has 0 radical (unpaired) electrons. The fraction of sp³-hybridized carbons (Fsp3) is 0.188. The lowest BCUT2D eigenvalue weighted by Crippen LogP contribution is -2.11. The van der Waals surface area contributed by atoms with Gasteiger partial charge in [0.15, 0.2) is 0 Å². The molecular weight excluding hydrogens is 350 g/mol. The SMILES string of the molecule is Cc1ccc(C#CCCO)cc1NC(=O)c1csc(Br)c1. The Balaban J connectivity index is 2.17. The zero-order valence-corrected chi connectivity index (χ0v) is 13.8. The predicted octanol–water partition coefficient (Wildman–Crippen LogP) is 3.81. The van der Waals surface area contributed by atoms with E-state index >= 15 is 0 Å². The van der Waals surface area contributed by atoms with Gasteiger partial charge in [0, 0.05) is 23.1 Å². The molecule has 108 valence electrons. The van der Waals surface area contributed by atoms with Crippen molar-refractivity contribution in [2.45, 2.75) is 13.3 Å². The van der Waals surface area contributed by atoms with E-state index in [0.717, 1.165) is 20.6 Å². The number of benzene rings is 1. The number of carbonyl (C=O) groups is 1. The monoisotopic (exact) mass is 363 g/mol. The summed E-state index contributed by atoms with van der Waals surface area (Å²) in [5.74, 6) is 5.69.